The Labute approximate surface area is 168 Å². The van der Waals surface area contributed by atoms with E-state index in [1.165, 1.54) is 0 Å². The molecule has 156 valence electrons. The number of piperidine rings is 1. The quantitative estimate of drug-likeness (QED) is 0.794. The monoisotopic (exact) mass is 390 g/mol. The Balaban J connectivity index is 1.77. The van der Waals surface area contributed by atoms with E-state index in [0.717, 1.165) is 17.7 Å². The Bertz CT molecular complexity index is 661. The molecule has 1 heterocycles. The normalized spacial score (nSPS) is 16.4. The molecule has 1 fully saturated rings. The first-order valence-corrected chi connectivity index (χ1v) is 10.2. The highest BCUT2D eigenvalue weighted by atomic mass is 16.6. The summed E-state index contributed by atoms with van der Waals surface area (Å²) in [4.78, 5) is 26.1. The zero-order chi connectivity index (χ0) is 20.7. The van der Waals surface area contributed by atoms with E-state index >= 15 is 0 Å². The van der Waals surface area contributed by atoms with Crippen LogP contribution in [-0.4, -0.2) is 48.2 Å². The lowest BCUT2D eigenvalue weighted by Gasteiger charge is -2.33. The molecular weight excluding hydrogens is 356 g/mol. The fourth-order valence-corrected chi connectivity index (χ4v) is 3.18. The second-order valence-electron chi connectivity index (χ2n) is 8.44. The number of ether oxygens (including phenoxy) is 2. The van der Waals surface area contributed by atoms with Crippen molar-refractivity contribution in [1.29, 1.82) is 0 Å². The molecule has 0 aliphatic carbocycles. The van der Waals surface area contributed by atoms with Crippen LogP contribution in [0.25, 0.3) is 0 Å². The molecule has 1 aromatic rings. The molecule has 0 spiro atoms. The molecule has 2 amide bonds. The third kappa shape index (κ3) is 6.73. The zero-order valence-corrected chi connectivity index (χ0v) is 17.8. The van der Waals surface area contributed by atoms with Gasteiger partial charge in [0.25, 0.3) is 5.91 Å². The molecule has 0 radical (unpaired) electrons. The van der Waals surface area contributed by atoms with Gasteiger partial charge in [0, 0.05) is 19.1 Å². The van der Waals surface area contributed by atoms with Crippen molar-refractivity contribution in [2.75, 3.05) is 19.7 Å². The lowest BCUT2D eigenvalue weighted by Crippen LogP contribution is -2.48. The number of para-hydroxylation sites is 1. The van der Waals surface area contributed by atoms with E-state index in [2.05, 4.69) is 19.2 Å². The maximum Gasteiger partial charge on any atom is 0.410 e. The number of nitrogens with one attached hydrogen (secondary N) is 1. The van der Waals surface area contributed by atoms with Gasteiger partial charge in [-0.15, -0.1) is 0 Å². The summed E-state index contributed by atoms with van der Waals surface area (Å²) in [5, 5.41) is 3.02. The van der Waals surface area contributed by atoms with E-state index in [1.807, 2.05) is 45.0 Å². The number of rotatable bonds is 6. The van der Waals surface area contributed by atoms with E-state index in [0.29, 0.717) is 31.8 Å². The summed E-state index contributed by atoms with van der Waals surface area (Å²) in [6.07, 6.45) is 2.16. The Morgan fingerprint density at radius 2 is 1.86 bits per heavy atom. The molecule has 0 saturated carbocycles. The summed E-state index contributed by atoms with van der Waals surface area (Å²) in [5.41, 5.74) is 0.633. The van der Waals surface area contributed by atoms with Crippen LogP contribution in [0.15, 0.2) is 24.3 Å². The van der Waals surface area contributed by atoms with Gasteiger partial charge in [-0.05, 0) is 57.6 Å². The highest BCUT2D eigenvalue weighted by molar-refractivity contribution is 5.78. The van der Waals surface area contributed by atoms with Crippen LogP contribution in [0.3, 0.4) is 0 Å². The van der Waals surface area contributed by atoms with Crippen LogP contribution in [0.4, 0.5) is 4.79 Å². The van der Waals surface area contributed by atoms with Gasteiger partial charge in [-0.1, -0.05) is 32.0 Å². The SMILES string of the molecule is CCC(C)c1ccccc1OCC(=O)NC1CCN(C(=O)OC(C)(C)C)CC1. The Morgan fingerprint density at radius 3 is 2.46 bits per heavy atom. The molecule has 1 N–H and O–H groups in total. The van der Waals surface area contributed by atoms with E-state index in [4.69, 9.17) is 9.47 Å². The topological polar surface area (TPSA) is 67.9 Å². The molecule has 1 aliphatic rings. The number of carbonyl (C=O) groups excluding carboxylic acids is 2. The minimum absolute atomic E-state index is 0.000270. The molecule has 1 aliphatic heterocycles. The summed E-state index contributed by atoms with van der Waals surface area (Å²) in [6, 6.07) is 7.93. The number of nitrogens with zero attached hydrogens (tertiary/aromatic N) is 1. The summed E-state index contributed by atoms with van der Waals surface area (Å²) in [6.45, 7) is 11.0. The molecular formula is C22H34N2O4. The smallest absolute Gasteiger partial charge is 0.410 e. The first-order chi connectivity index (χ1) is 13.2. The van der Waals surface area contributed by atoms with Crippen molar-refractivity contribution in [2.45, 2.75) is 71.4 Å². The molecule has 0 aromatic heterocycles. The van der Waals surface area contributed by atoms with Gasteiger partial charge < -0.3 is 19.7 Å². The summed E-state index contributed by atoms with van der Waals surface area (Å²) in [7, 11) is 0. The largest absolute Gasteiger partial charge is 0.483 e. The van der Waals surface area contributed by atoms with Gasteiger partial charge >= 0.3 is 6.09 Å². The third-order valence-corrected chi connectivity index (χ3v) is 4.93. The average molecular weight is 391 g/mol. The molecule has 28 heavy (non-hydrogen) atoms. The lowest BCUT2D eigenvalue weighted by molar-refractivity contribution is -0.124. The molecule has 1 atom stereocenters. The Hall–Kier alpha value is -2.24. The number of hydrogen-bond donors (Lipinski definition) is 1. The Morgan fingerprint density at radius 1 is 1.21 bits per heavy atom. The summed E-state index contributed by atoms with van der Waals surface area (Å²) < 4.78 is 11.2. The molecule has 1 unspecified atom stereocenters. The third-order valence-electron chi connectivity index (χ3n) is 4.93. The van der Waals surface area contributed by atoms with Crippen LogP contribution >= 0.6 is 0 Å². The highest BCUT2D eigenvalue weighted by Crippen LogP contribution is 2.28. The van der Waals surface area contributed by atoms with Crippen molar-refractivity contribution < 1.29 is 19.1 Å². The van der Waals surface area contributed by atoms with Crippen molar-refractivity contribution in [3.8, 4) is 5.75 Å². The lowest BCUT2D eigenvalue weighted by atomic mass is 9.98. The predicted octanol–water partition coefficient (Wildman–Crippen LogP) is 4.09. The molecule has 1 aromatic carbocycles. The van der Waals surface area contributed by atoms with Gasteiger partial charge in [0.1, 0.15) is 11.4 Å². The van der Waals surface area contributed by atoms with Crippen LogP contribution in [-0.2, 0) is 9.53 Å². The van der Waals surface area contributed by atoms with Crippen LogP contribution < -0.4 is 10.1 Å². The number of benzene rings is 1. The second kappa shape index (κ2) is 9.80. The molecule has 1 saturated heterocycles. The highest BCUT2D eigenvalue weighted by Gasteiger charge is 2.27. The second-order valence-corrected chi connectivity index (χ2v) is 8.44. The van der Waals surface area contributed by atoms with Crippen molar-refractivity contribution in [3.05, 3.63) is 29.8 Å². The van der Waals surface area contributed by atoms with Gasteiger partial charge in [0.15, 0.2) is 6.61 Å². The van der Waals surface area contributed by atoms with Crippen LogP contribution in [0, 0.1) is 0 Å². The first kappa shape index (κ1) is 22.1. The maximum atomic E-state index is 12.3. The summed E-state index contributed by atoms with van der Waals surface area (Å²) in [5.74, 6) is 1.03. The van der Waals surface area contributed by atoms with Crippen molar-refractivity contribution >= 4 is 12.0 Å². The van der Waals surface area contributed by atoms with Crippen molar-refractivity contribution in [2.24, 2.45) is 0 Å². The van der Waals surface area contributed by atoms with E-state index in [1.54, 1.807) is 4.90 Å². The first-order valence-electron chi connectivity index (χ1n) is 10.2. The minimum atomic E-state index is -0.495. The zero-order valence-electron chi connectivity index (χ0n) is 17.8. The van der Waals surface area contributed by atoms with Gasteiger partial charge in [-0.25, -0.2) is 4.79 Å². The van der Waals surface area contributed by atoms with Crippen LogP contribution in [0.1, 0.15) is 65.4 Å². The molecule has 0 bridgehead atoms. The number of amides is 2. The minimum Gasteiger partial charge on any atom is -0.483 e. The predicted molar refractivity (Wildman–Crippen MR) is 110 cm³/mol. The van der Waals surface area contributed by atoms with Gasteiger partial charge in [-0.3, -0.25) is 4.79 Å². The van der Waals surface area contributed by atoms with Crippen LogP contribution in [0.5, 0.6) is 5.75 Å². The van der Waals surface area contributed by atoms with E-state index < -0.39 is 5.60 Å². The number of hydrogen-bond acceptors (Lipinski definition) is 4. The average Bonchev–Trinajstić information content (AvgIpc) is 2.65. The van der Waals surface area contributed by atoms with Gasteiger partial charge in [0.2, 0.25) is 0 Å². The number of carbonyl (C=O) groups is 2. The molecule has 6 heteroatoms. The van der Waals surface area contributed by atoms with Gasteiger partial charge in [-0.2, -0.15) is 0 Å². The summed E-state index contributed by atoms with van der Waals surface area (Å²) >= 11 is 0. The number of likely N-dealkylation sites (tertiary alicyclic amines) is 1. The van der Waals surface area contributed by atoms with E-state index in [9.17, 15) is 9.59 Å². The molecule has 2 rings (SSSR count). The fourth-order valence-electron chi connectivity index (χ4n) is 3.18. The van der Waals surface area contributed by atoms with E-state index in [-0.39, 0.29) is 24.6 Å². The van der Waals surface area contributed by atoms with Gasteiger partial charge in [0.05, 0.1) is 0 Å². The standard InChI is InChI=1S/C22H34N2O4/c1-6-16(2)18-9-7-8-10-19(18)27-15-20(25)23-17-11-13-24(14-12-17)21(26)28-22(3,4)5/h7-10,16-17H,6,11-15H2,1-5H3,(H,23,25). The van der Waals surface area contributed by atoms with Crippen LogP contribution in [0.2, 0.25) is 0 Å². The van der Waals surface area contributed by atoms with Crippen molar-refractivity contribution in [3.63, 3.8) is 0 Å². The maximum absolute atomic E-state index is 12.3. The fraction of sp³-hybridized carbons (Fsp3) is 0.636. The Kier molecular flexibility index (Phi) is 7.72. The van der Waals surface area contributed by atoms with Crippen molar-refractivity contribution in [1.82, 2.24) is 10.2 Å². The molecule has 6 nitrogen and oxygen atoms in total.